The Hall–Kier alpha value is -3.48. The predicted octanol–water partition coefficient (Wildman–Crippen LogP) is 3.50. The fourth-order valence-corrected chi connectivity index (χ4v) is 2.94. The minimum Gasteiger partial charge on any atom is -0.489 e. The molecule has 0 unspecified atom stereocenters. The van der Waals surface area contributed by atoms with E-state index in [9.17, 15) is 9.18 Å². The van der Waals surface area contributed by atoms with Crippen molar-refractivity contribution in [3.05, 3.63) is 66.2 Å². The van der Waals surface area contributed by atoms with Gasteiger partial charge in [-0.25, -0.2) is 9.18 Å². The van der Waals surface area contributed by atoms with Gasteiger partial charge in [-0.05, 0) is 36.4 Å². The first-order chi connectivity index (χ1) is 13.1. The van der Waals surface area contributed by atoms with Crippen molar-refractivity contribution in [3.63, 3.8) is 0 Å². The molecule has 27 heavy (non-hydrogen) atoms. The Labute approximate surface area is 154 Å². The molecule has 0 saturated heterocycles. The number of hydrogen-bond acceptors (Lipinski definition) is 5. The number of aromatic nitrogens is 3. The lowest BCUT2D eigenvalue weighted by Gasteiger charge is -2.09. The molecule has 2 aromatic heterocycles. The molecule has 6 nitrogen and oxygen atoms in total. The molecule has 0 N–H and O–H groups in total. The molecule has 0 atom stereocenters. The summed E-state index contributed by atoms with van der Waals surface area (Å²) in [7, 11) is 1.69. The topological polar surface area (TPSA) is 66.2 Å². The number of carbonyl (C=O) groups is 1. The summed E-state index contributed by atoms with van der Waals surface area (Å²) in [5.74, 6) is -0.381. The first kappa shape index (κ1) is 17.0. The molecule has 0 aliphatic heterocycles. The smallest absolute Gasteiger partial charge is 0.359 e. The van der Waals surface area contributed by atoms with Crippen molar-refractivity contribution in [1.82, 2.24) is 14.8 Å². The standard InChI is InChI=1S/C20H16FN3O3/c1-24-17-7-6-13(21)12-15(17)19(23-24)20(25)27-11-10-26-18-8-9-22-16-5-3-2-4-14(16)18/h2-9,12H,10-11H2,1H3. The van der Waals surface area contributed by atoms with E-state index in [1.54, 1.807) is 25.4 Å². The van der Waals surface area contributed by atoms with Gasteiger partial charge in [0.05, 0.1) is 11.0 Å². The summed E-state index contributed by atoms with van der Waals surface area (Å²) in [5, 5.41) is 5.44. The molecule has 4 rings (SSSR count). The molecule has 0 fully saturated rings. The number of rotatable bonds is 5. The van der Waals surface area contributed by atoms with Crippen LogP contribution in [0.15, 0.2) is 54.7 Å². The summed E-state index contributed by atoms with van der Waals surface area (Å²) >= 11 is 0. The highest BCUT2D eigenvalue weighted by Gasteiger charge is 2.18. The lowest BCUT2D eigenvalue weighted by Crippen LogP contribution is -2.13. The molecule has 0 radical (unpaired) electrons. The molecular formula is C20H16FN3O3. The van der Waals surface area contributed by atoms with Crippen LogP contribution in [-0.4, -0.2) is 33.9 Å². The highest BCUT2D eigenvalue weighted by Crippen LogP contribution is 2.23. The van der Waals surface area contributed by atoms with Crippen molar-refractivity contribution in [2.75, 3.05) is 13.2 Å². The third-order valence-electron chi connectivity index (χ3n) is 4.19. The zero-order valence-corrected chi connectivity index (χ0v) is 14.6. The van der Waals surface area contributed by atoms with Gasteiger partial charge in [-0.2, -0.15) is 5.10 Å². The van der Waals surface area contributed by atoms with Gasteiger partial charge < -0.3 is 9.47 Å². The van der Waals surface area contributed by atoms with Crippen LogP contribution in [0.5, 0.6) is 5.75 Å². The van der Waals surface area contributed by atoms with E-state index in [0.29, 0.717) is 16.7 Å². The normalized spacial score (nSPS) is 11.0. The van der Waals surface area contributed by atoms with Gasteiger partial charge in [-0.15, -0.1) is 0 Å². The summed E-state index contributed by atoms with van der Waals surface area (Å²) < 4.78 is 26.0. The fourth-order valence-electron chi connectivity index (χ4n) is 2.94. The number of hydrogen-bond donors (Lipinski definition) is 0. The van der Waals surface area contributed by atoms with Crippen molar-refractivity contribution in [2.24, 2.45) is 7.05 Å². The maximum Gasteiger partial charge on any atom is 0.359 e. The summed E-state index contributed by atoms with van der Waals surface area (Å²) in [4.78, 5) is 16.6. The fraction of sp³-hybridized carbons (Fsp3) is 0.150. The first-order valence-electron chi connectivity index (χ1n) is 8.39. The van der Waals surface area contributed by atoms with Crippen LogP contribution in [0, 0.1) is 5.82 Å². The average molecular weight is 365 g/mol. The average Bonchev–Trinajstić information content (AvgIpc) is 3.01. The van der Waals surface area contributed by atoms with Crippen LogP contribution in [-0.2, 0) is 11.8 Å². The number of pyridine rings is 1. The van der Waals surface area contributed by atoms with Crippen LogP contribution < -0.4 is 4.74 Å². The SMILES string of the molecule is Cn1nc(C(=O)OCCOc2ccnc3ccccc23)c2cc(F)ccc21. The van der Waals surface area contributed by atoms with Crippen LogP contribution in [0.25, 0.3) is 21.8 Å². The number of carbonyl (C=O) groups excluding carboxylic acids is 1. The van der Waals surface area contributed by atoms with Crippen LogP contribution in [0.4, 0.5) is 4.39 Å². The summed E-state index contributed by atoms with van der Waals surface area (Å²) in [6, 6.07) is 13.6. The second kappa shape index (κ2) is 7.03. The predicted molar refractivity (Wildman–Crippen MR) is 98.2 cm³/mol. The molecule has 0 saturated carbocycles. The number of fused-ring (bicyclic) bond motifs is 2. The molecule has 0 spiro atoms. The van der Waals surface area contributed by atoms with Gasteiger partial charge in [0.2, 0.25) is 0 Å². The molecule has 2 heterocycles. The molecule has 2 aromatic carbocycles. The number of esters is 1. The van der Waals surface area contributed by atoms with Crippen molar-refractivity contribution < 1.29 is 18.7 Å². The Morgan fingerprint density at radius 3 is 2.85 bits per heavy atom. The highest BCUT2D eigenvalue weighted by atomic mass is 19.1. The number of nitrogens with zero attached hydrogens (tertiary/aromatic N) is 3. The van der Waals surface area contributed by atoms with E-state index in [2.05, 4.69) is 10.1 Å². The highest BCUT2D eigenvalue weighted by molar-refractivity contribution is 6.02. The summed E-state index contributed by atoms with van der Waals surface area (Å²) in [6.07, 6.45) is 1.66. The van der Waals surface area contributed by atoms with E-state index in [1.807, 2.05) is 24.3 Å². The number of para-hydroxylation sites is 1. The minimum absolute atomic E-state index is 0.0445. The summed E-state index contributed by atoms with van der Waals surface area (Å²) in [6.45, 7) is 0.224. The van der Waals surface area contributed by atoms with E-state index in [0.717, 1.165) is 10.9 Å². The Bertz CT molecular complexity index is 1130. The Morgan fingerprint density at radius 2 is 1.96 bits per heavy atom. The summed E-state index contributed by atoms with van der Waals surface area (Å²) in [5.41, 5.74) is 1.57. The Morgan fingerprint density at radius 1 is 1.11 bits per heavy atom. The second-order valence-corrected chi connectivity index (χ2v) is 5.94. The lowest BCUT2D eigenvalue weighted by atomic mass is 10.2. The van der Waals surface area contributed by atoms with Gasteiger partial charge in [-0.1, -0.05) is 12.1 Å². The van der Waals surface area contributed by atoms with Crippen molar-refractivity contribution >= 4 is 27.8 Å². The molecule has 0 bridgehead atoms. The number of ether oxygens (including phenoxy) is 2. The Kier molecular flexibility index (Phi) is 4.42. The van der Waals surface area contributed by atoms with Crippen molar-refractivity contribution in [3.8, 4) is 5.75 Å². The van der Waals surface area contributed by atoms with Gasteiger partial charge in [0.1, 0.15) is 24.8 Å². The van der Waals surface area contributed by atoms with E-state index >= 15 is 0 Å². The zero-order valence-electron chi connectivity index (χ0n) is 14.6. The third kappa shape index (κ3) is 3.31. The maximum atomic E-state index is 13.5. The monoisotopic (exact) mass is 365 g/mol. The molecule has 0 aliphatic rings. The molecular weight excluding hydrogens is 349 g/mol. The van der Waals surface area contributed by atoms with Gasteiger partial charge in [0.15, 0.2) is 5.69 Å². The minimum atomic E-state index is -0.616. The van der Waals surface area contributed by atoms with Crippen LogP contribution >= 0.6 is 0 Å². The van der Waals surface area contributed by atoms with E-state index < -0.39 is 11.8 Å². The maximum absolute atomic E-state index is 13.5. The Balaban J connectivity index is 1.42. The van der Waals surface area contributed by atoms with Crippen LogP contribution in [0.3, 0.4) is 0 Å². The molecule has 0 amide bonds. The largest absolute Gasteiger partial charge is 0.489 e. The number of aryl methyl sites for hydroxylation is 1. The number of benzene rings is 2. The molecule has 7 heteroatoms. The number of halogens is 1. The van der Waals surface area contributed by atoms with Gasteiger partial charge in [0, 0.05) is 24.0 Å². The van der Waals surface area contributed by atoms with Crippen molar-refractivity contribution in [1.29, 1.82) is 0 Å². The van der Waals surface area contributed by atoms with Crippen LogP contribution in [0.1, 0.15) is 10.5 Å². The van der Waals surface area contributed by atoms with E-state index in [-0.39, 0.29) is 18.9 Å². The molecule has 136 valence electrons. The molecule has 4 aromatic rings. The quantitative estimate of drug-likeness (QED) is 0.400. The van der Waals surface area contributed by atoms with Gasteiger partial charge in [-0.3, -0.25) is 9.67 Å². The van der Waals surface area contributed by atoms with E-state index in [1.165, 1.54) is 16.8 Å². The van der Waals surface area contributed by atoms with E-state index in [4.69, 9.17) is 9.47 Å². The second-order valence-electron chi connectivity index (χ2n) is 5.94. The first-order valence-corrected chi connectivity index (χ1v) is 8.39. The lowest BCUT2D eigenvalue weighted by molar-refractivity contribution is 0.0446. The molecule has 0 aliphatic carbocycles. The van der Waals surface area contributed by atoms with Crippen LogP contribution in [0.2, 0.25) is 0 Å². The third-order valence-corrected chi connectivity index (χ3v) is 4.19. The van der Waals surface area contributed by atoms with Gasteiger partial charge in [0.25, 0.3) is 0 Å². The zero-order chi connectivity index (χ0) is 18.8. The van der Waals surface area contributed by atoms with Gasteiger partial charge >= 0.3 is 5.97 Å². The van der Waals surface area contributed by atoms with Crippen molar-refractivity contribution in [2.45, 2.75) is 0 Å².